The van der Waals surface area contributed by atoms with E-state index in [2.05, 4.69) is 218 Å². The van der Waals surface area contributed by atoms with E-state index in [1.807, 2.05) is 0 Å². The lowest BCUT2D eigenvalue weighted by atomic mass is 9.81. The van der Waals surface area contributed by atoms with Gasteiger partial charge in [-0.15, -0.1) is 0 Å². The van der Waals surface area contributed by atoms with Crippen molar-refractivity contribution in [3.63, 3.8) is 0 Å². The maximum Gasteiger partial charge on any atom is 0.0497 e. The van der Waals surface area contributed by atoms with Gasteiger partial charge in [-0.25, -0.2) is 0 Å². The fraction of sp³-hybridized carbons (Fsp3) is 0.0909. The maximum atomic E-state index is 2.45. The van der Waals surface area contributed by atoms with E-state index < -0.39 is 0 Å². The number of anilines is 6. The van der Waals surface area contributed by atoms with E-state index in [4.69, 9.17) is 0 Å². The second-order valence-electron chi connectivity index (χ2n) is 16.2. The molecule has 0 amide bonds. The molecule has 272 valence electrons. The van der Waals surface area contributed by atoms with Crippen molar-refractivity contribution in [3.05, 3.63) is 226 Å². The lowest BCUT2D eigenvalue weighted by Gasteiger charge is -2.34. The van der Waals surface area contributed by atoms with Gasteiger partial charge in [-0.2, -0.15) is 0 Å². The van der Waals surface area contributed by atoms with Gasteiger partial charge in [0.25, 0.3) is 0 Å². The smallest absolute Gasteiger partial charge is 0.0497 e. The fourth-order valence-electron chi connectivity index (χ4n) is 9.51. The van der Waals surface area contributed by atoms with Crippen molar-refractivity contribution in [3.8, 4) is 22.3 Å². The van der Waals surface area contributed by atoms with Gasteiger partial charge >= 0.3 is 0 Å². The van der Waals surface area contributed by atoms with E-state index in [9.17, 15) is 0 Å². The van der Waals surface area contributed by atoms with Gasteiger partial charge in [-0.1, -0.05) is 159 Å². The highest BCUT2D eigenvalue weighted by Crippen LogP contribution is 2.52. The quantitative estimate of drug-likeness (QED) is 0.163. The molecular formula is C55H42N2. The van der Waals surface area contributed by atoms with Crippen molar-refractivity contribution in [1.82, 2.24) is 0 Å². The van der Waals surface area contributed by atoms with Crippen molar-refractivity contribution in [2.75, 3.05) is 9.80 Å². The van der Waals surface area contributed by atoms with Crippen LogP contribution in [0.1, 0.15) is 58.4 Å². The minimum Gasteiger partial charge on any atom is -0.310 e. The monoisotopic (exact) mass is 730 g/mol. The SMILES string of the molecule is CC1(C)c2cc(/C=C/c3ccc(-c4ccc(N5c6ccccc6Cc6ccccc65)cc4)cc3)ccc2-c2ccc(N3c4ccccc4Cc4ccccc43)cc21. The molecule has 2 nitrogen and oxygen atoms in total. The Labute approximate surface area is 335 Å². The maximum absolute atomic E-state index is 2.45. The first-order valence-electron chi connectivity index (χ1n) is 20.1. The first kappa shape index (κ1) is 33.4. The molecule has 0 saturated carbocycles. The first-order chi connectivity index (χ1) is 28.0. The molecule has 0 unspecified atom stereocenters. The Morgan fingerprint density at radius 2 is 0.772 bits per heavy atom. The molecular weight excluding hydrogens is 689 g/mol. The Morgan fingerprint density at radius 1 is 0.386 bits per heavy atom. The first-order valence-corrected chi connectivity index (χ1v) is 20.1. The summed E-state index contributed by atoms with van der Waals surface area (Å²) in [5.41, 5.74) is 23.0. The summed E-state index contributed by atoms with van der Waals surface area (Å²) < 4.78 is 0. The number of hydrogen-bond donors (Lipinski definition) is 0. The summed E-state index contributed by atoms with van der Waals surface area (Å²) in [6.45, 7) is 4.76. The lowest BCUT2D eigenvalue weighted by Crippen LogP contribution is -2.20. The summed E-state index contributed by atoms with van der Waals surface area (Å²) in [4.78, 5) is 4.85. The Bertz CT molecular complexity index is 2790. The van der Waals surface area contributed by atoms with Gasteiger partial charge in [-0.3, -0.25) is 0 Å². The van der Waals surface area contributed by atoms with E-state index in [1.165, 1.54) is 101 Å². The topological polar surface area (TPSA) is 6.48 Å². The van der Waals surface area contributed by atoms with Crippen LogP contribution in [0.3, 0.4) is 0 Å². The van der Waals surface area contributed by atoms with Gasteiger partial charge in [0.2, 0.25) is 0 Å². The number of para-hydroxylation sites is 4. The second-order valence-corrected chi connectivity index (χ2v) is 16.2. The van der Waals surface area contributed by atoms with Crippen LogP contribution < -0.4 is 9.80 Å². The van der Waals surface area contributed by atoms with Crippen molar-refractivity contribution in [2.24, 2.45) is 0 Å². The Hall–Kier alpha value is -6.90. The van der Waals surface area contributed by atoms with Crippen LogP contribution in [0.5, 0.6) is 0 Å². The van der Waals surface area contributed by atoms with Crippen LogP contribution in [0.25, 0.3) is 34.4 Å². The number of fused-ring (bicyclic) bond motifs is 7. The molecule has 57 heavy (non-hydrogen) atoms. The molecule has 1 aliphatic carbocycles. The molecule has 0 fully saturated rings. The van der Waals surface area contributed by atoms with Gasteiger partial charge in [0.15, 0.2) is 0 Å². The van der Waals surface area contributed by atoms with Crippen molar-refractivity contribution in [2.45, 2.75) is 32.1 Å². The van der Waals surface area contributed by atoms with Crippen LogP contribution in [0, 0.1) is 0 Å². The summed E-state index contributed by atoms with van der Waals surface area (Å²) in [6.07, 6.45) is 6.42. The van der Waals surface area contributed by atoms with Crippen LogP contribution in [-0.2, 0) is 18.3 Å². The number of nitrogens with zero attached hydrogens (tertiary/aromatic N) is 2. The number of hydrogen-bond acceptors (Lipinski definition) is 2. The predicted octanol–water partition coefficient (Wildman–Crippen LogP) is 14.6. The summed E-state index contributed by atoms with van der Waals surface area (Å²) >= 11 is 0. The lowest BCUT2D eigenvalue weighted by molar-refractivity contribution is 0.660. The summed E-state index contributed by atoms with van der Waals surface area (Å²) in [5.74, 6) is 0. The molecule has 0 atom stereocenters. The molecule has 2 heterocycles. The third-order valence-electron chi connectivity index (χ3n) is 12.5. The molecule has 0 radical (unpaired) electrons. The zero-order chi connectivity index (χ0) is 38.1. The van der Waals surface area contributed by atoms with Crippen LogP contribution in [0.4, 0.5) is 34.1 Å². The third kappa shape index (κ3) is 5.55. The van der Waals surface area contributed by atoms with Gasteiger partial charge in [0.1, 0.15) is 0 Å². The molecule has 3 aliphatic rings. The molecule has 2 aliphatic heterocycles. The molecule has 2 heteroatoms. The highest BCUT2D eigenvalue weighted by Gasteiger charge is 2.36. The summed E-state index contributed by atoms with van der Waals surface area (Å²) in [5, 5.41) is 0. The highest BCUT2D eigenvalue weighted by atomic mass is 15.2. The van der Waals surface area contributed by atoms with Gasteiger partial charge in [0.05, 0.1) is 0 Å². The fourth-order valence-corrected chi connectivity index (χ4v) is 9.51. The largest absolute Gasteiger partial charge is 0.310 e. The Morgan fingerprint density at radius 3 is 1.30 bits per heavy atom. The van der Waals surface area contributed by atoms with Crippen LogP contribution in [0.2, 0.25) is 0 Å². The predicted molar refractivity (Wildman–Crippen MR) is 240 cm³/mol. The van der Waals surface area contributed by atoms with Crippen LogP contribution >= 0.6 is 0 Å². The van der Waals surface area contributed by atoms with E-state index >= 15 is 0 Å². The van der Waals surface area contributed by atoms with Gasteiger partial charge in [-0.05, 0) is 115 Å². The molecule has 0 bridgehead atoms. The summed E-state index contributed by atoms with van der Waals surface area (Å²) in [6, 6.07) is 67.2. The number of rotatable bonds is 5. The van der Waals surface area contributed by atoms with Gasteiger partial charge < -0.3 is 9.80 Å². The second kappa shape index (κ2) is 13.1. The molecule has 11 rings (SSSR count). The zero-order valence-corrected chi connectivity index (χ0v) is 32.3. The van der Waals surface area contributed by atoms with Crippen LogP contribution in [0.15, 0.2) is 182 Å². The third-order valence-corrected chi connectivity index (χ3v) is 12.5. The zero-order valence-electron chi connectivity index (χ0n) is 32.3. The standard InChI is InChI=1S/C55H42N2/c1-55(2)49-33-38(23-31-47(49)48-32-30-46(36-50(48)55)57-53-17-9-5-13-43(53)35-44-14-6-10-18-54(44)57)20-19-37-21-24-39(25-22-37)40-26-28-45(29-27-40)56-51-15-7-3-11-41(51)34-42-12-4-8-16-52(42)56/h3-33,36H,34-35H2,1-2H3/b20-19+. The summed E-state index contributed by atoms with van der Waals surface area (Å²) in [7, 11) is 0. The Balaban J connectivity index is 0.836. The van der Waals surface area contributed by atoms with Crippen molar-refractivity contribution in [1.29, 1.82) is 0 Å². The minimum atomic E-state index is -0.128. The van der Waals surface area contributed by atoms with E-state index in [-0.39, 0.29) is 5.41 Å². The minimum absolute atomic E-state index is 0.128. The molecule has 0 N–H and O–H groups in total. The number of benzene rings is 8. The van der Waals surface area contributed by atoms with Crippen LogP contribution in [-0.4, -0.2) is 0 Å². The van der Waals surface area contributed by atoms with E-state index in [0.717, 1.165) is 12.8 Å². The average molecular weight is 731 g/mol. The van der Waals surface area contributed by atoms with E-state index in [1.54, 1.807) is 0 Å². The van der Waals surface area contributed by atoms with E-state index in [0.29, 0.717) is 0 Å². The molecule has 0 spiro atoms. The molecule has 0 aromatic heterocycles. The highest BCUT2D eigenvalue weighted by molar-refractivity contribution is 5.89. The molecule has 8 aromatic rings. The Kier molecular flexibility index (Phi) is 7.69. The van der Waals surface area contributed by atoms with Crippen molar-refractivity contribution < 1.29 is 0 Å². The van der Waals surface area contributed by atoms with Crippen molar-refractivity contribution >= 4 is 46.3 Å². The average Bonchev–Trinajstić information content (AvgIpc) is 3.48. The molecule has 0 saturated heterocycles. The normalized spacial score (nSPS) is 14.4. The molecule has 8 aromatic carbocycles. The van der Waals surface area contributed by atoms with Gasteiger partial charge in [0, 0.05) is 52.4 Å².